The molecule has 5 heteroatoms. The van der Waals surface area contributed by atoms with Gasteiger partial charge in [0.2, 0.25) is 5.78 Å². The molecule has 9 aromatic rings. The average molecular weight is 526 g/mol. The van der Waals surface area contributed by atoms with Crippen LogP contribution in [0.15, 0.2) is 140 Å². The van der Waals surface area contributed by atoms with Crippen LogP contribution in [-0.2, 0) is 0 Å². The van der Waals surface area contributed by atoms with Crippen LogP contribution < -0.4 is 0 Å². The standard InChI is InChI=1S/C36H23N5/c1-4-17-30-26(13-1)27-14-2-5-18-31(27)40(30)35-22-10-16-28(37-35)24-11-9-12-25(23-24)39-33-20-7-8-21-34(33)41-32-19-6-3-15-29(32)38-36(39)41/h1-23H. The van der Waals surface area contributed by atoms with E-state index in [1.807, 2.05) is 6.07 Å². The molecule has 0 aliphatic heterocycles. The van der Waals surface area contributed by atoms with E-state index in [1.54, 1.807) is 0 Å². The molecule has 5 nitrogen and oxygen atoms in total. The van der Waals surface area contributed by atoms with Gasteiger partial charge in [0.15, 0.2) is 0 Å². The second kappa shape index (κ2) is 8.41. The summed E-state index contributed by atoms with van der Waals surface area (Å²) in [6.07, 6.45) is 0. The number of imidazole rings is 2. The van der Waals surface area contributed by atoms with Gasteiger partial charge in [-0.3, -0.25) is 13.5 Å². The number of hydrogen-bond acceptors (Lipinski definition) is 2. The molecule has 0 saturated heterocycles. The lowest BCUT2D eigenvalue weighted by molar-refractivity contribution is 1.08. The quantitative estimate of drug-likeness (QED) is 0.232. The van der Waals surface area contributed by atoms with Gasteiger partial charge >= 0.3 is 0 Å². The monoisotopic (exact) mass is 525 g/mol. The van der Waals surface area contributed by atoms with Crippen molar-refractivity contribution < 1.29 is 0 Å². The molecule has 0 N–H and O–H groups in total. The third kappa shape index (κ3) is 3.17. The summed E-state index contributed by atoms with van der Waals surface area (Å²) in [6.45, 7) is 0. The molecule has 0 saturated carbocycles. The van der Waals surface area contributed by atoms with E-state index in [-0.39, 0.29) is 0 Å². The van der Waals surface area contributed by atoms with E-state index in [1.165, 1.54) is 10.8 Å². The number of rotatable bonds is 3. The van der Waals surface area contributed by atoms with Gasteiger partial charge in [-0.1, -0.05) is 78.9 Å². The van der Waals surface area contributed by atoms with Crippen LogP contribution in [-0.4, -0.2) is 23.5 Å². The highest BCUT2D eigenvalue weighted by molar-refractivity contribution is 6.09. The zero-order valence-electron chi connectivity index (χ0n) is 22.0. The van der Waals surface area contributed by atoms with Crippen LogP contribution in [0.1, 0.15) is 0 Å². The summed E-state index contributed by atoms with van der Waals surface area (Å²) in [5.74, 6) is 1.80. The Morgan fingerprint density at radius 2 is 1.07 bits per heavy atom. The van der Waals surface area contributed by atoms with Crippen molar-refractivity contribution in [3.63, 3.8) is 0 Å². The van der Waals surface area contributed by atoms with Crippen LogP contribution in [0.4, 0.5) is 0 Å². The van der Waals surface area contributed by atoms with E-state index in [9.17, 15) is 0 Å². The molecule has 0 unspecified atom stereocenters. The number of nitrogens with zero attached hydrogens (tertiary/aromatic N) is 5. The molecule has 0 aliphatic rings. The lowest BCUT2D eigenvalue weighted by Gasteiger charge is -2.11. The van der Waals surface area contributed by atoms with Crippen molar-refractivity contribution in [1.29, 1.82) is 0 Å². The van der Waals surface area contributed by atoms with Crippen LogP contribution in [0.3, 0.4) is 0 Å². The Labute approximate surface area is 235 Å². The first-order valence-electron chi connectivity index (χ1n) is 13.8. The summed E-state index contributed by atoms with van der Waals surface area (Å²) in [4.78, 5) is 10.2. The van der Waals surface area contributed by atoms with Crippen molar-refractivity contribution in [2.45, 2.75) is 0 Å². The minimum absolute atomic E-state index is 0.900. The highest BCUT2D eigenvalue weighted by atomic mass is 15.2. The normalized spacial score (nSPS) is 11.9. The van der Waals surface area contributed by atoms with Crippen LogP contribution in [0.5, 0.6) is 0 Å². The van der Waals surface area contributed by atoms with Crippen LogP contribution in [0.2, 0.25) is 0 Å². The fraction of sp³-hybridized carbons (Fsp3) is 0. The molecule has 0 bridgehead atoms. The van der Waals surface area contributed by atoms with Crippen LogP contribution in [0, 0.1) is 0 Å². The third-order valence-electron chi connectivity index (χ3n) is 8.05. The van der Waals surface area contributed by atoms with Crippen molar-refractivity contribution in [1.82, 2.24) is 23.5 Å². The zero-order chi connectivity index (χ0) is 26.9. The summed E-state index contributed by atoms with van der Waals surface area (Å²) < 4.78 is 6.76. The minimum Gasteiger partial charge on any atom is -0.294 e. The number of benzene rings is 5. The maximum absolute atomic E-state index is 5.20. The van der Waals surface area contributed by atoms with Crippen molar-refractivity contribution >= 4 is 49.7 Å². The van der Waals surface area contributed by atoms with Gasteiger partial charge < -0.3 is 0 Å². The van der Waals surface area contributed by atoms with Crippen LogP contribution in [0.25, 0.3) is 72.4 Å². The lowest BCUT2D eigenvalue weighted by Crippen LogP contribution is -1.99. The van der Waals surface area contributed by atoms with E-state index in [0.29, 0.717) is 0 Å². The topological polar surface area (TPSA) is 40.0 Å². The van der Waals surface area contributed by atoms with Crippen molar-refractivity contribution in [3.8, 4) is 22.8 Å². The minimum atomic E-state index is 0.900. The molecule has 9 rings (SSSR count). The number of para-hydroxylation sites is 6. The first kappa shape index (κ1) is 22.2. The number of aromatic nitrogens is 5. The van der Waals surface area contributed by atoms with Gasteiger partial charge in [-0.2, -0.15) is 0 Å². The van der Waals surface area contributed by atoms with Crippen molar-refractivity contribution in [2.75, 3.05) is 0 Å². The first-order chi connectivity index (χ1) is 20.3. The van der Waals surface area contributed by atoms with E-state index >= 15 is 0 Å². The Morgan fingerprint density at radius 3 is 1.85 bits per heavy atom. The van der Waals surface area contributed by atoms with Crippen molar-refractivity contribution in [3.05, 3.63) is 140 Å². The molecule has 4 aromatic heterocycles. The predicted molar refractivity (Wildman–Crippen MR) is 167 cm³/mol. The molecule has 0 aliphatic carbocycles. The van der Waals surface area contributed by atoms with Gasteiger partial charge in [0.1, 0.15) is 5.82 Å². The highest BCUT2D eigenvalue weighted by Gasteiger charge is 2.18. The largest absolute Gasteiger partial charge is 0.294 e. The predicted octanol–water partition coefficient (Wildman–Crippen LogP) is 8.59. The second-order valence-corrected chi connectivity index (χ2v) is 10.4. The maximum Gasteiger partial charge on any atom is 0.220 e. The Hall–Kier alpha value is -5.68. The molecule has 0 spiro atoms. The molecule has 4 heterocycles. The van der Waals surface area contributed by atoms with Crippen LogP contribution >= 0.6 is 0 Å². The number of fused-ring (bicyclic) bond motifs is 8. The van der Waals surface area contributed by atoms with E-state index in [2.05, 4.69) is 147 Å². The highest BCUT2D eigenvalue weighted by Crippen LogP contribution is 2.33. The van der Waals surface area contributed by atoms with Gasteiger partial charge in [0.25, 0.3) is 0 Å². The molecule has 5 aromatic carbocycles. The summed E-state index contributed by atoms with van der Waals surface area (Å²) in [5.41, 5.74) is 9.67. The number of pyridine rings is 1. The van der Waals surface area contributed by atoms with Gasteiger partial charge in [0, 0.05) is 22.0 Å². The molecule has 41 heavy (non-hydrogen) atoms. The first-order valence-corrected chi connectivity index (χ1v) is 13.8. The Balaban J connectivity index is 1.24. The van der Waals surface area contributed by atoms with Gasteiger partial charge in [-0.15, -0.1) is 0 Å². The van der Waals surface area contributed by atoms with E-state index in [4.69, 9.17) is 9.97 Å². The summed E-state index contributed by atoms with van der Waals surface area (Å²) in [6, 6.07) is 48.7. The summed E-state index contributed by atoms with van der Waals surface area (Å²) in [7, 11) is 0. The Kier molecular flexibility index (Phi) is 4.55. The fourth-order valence-electron chi connectivity index (χ4n) is 6.29. The lowest BCUT2D eigenvalue weighted by atomic mass is 10.1. The SMILES string of the molecule is c1cc(-c2cccc(-n3c4ccccc4c4ccccc43)n2)cc(-n2c3ccccc3n3c4ccccc4nc23)c1. The van der Waals surface area contributed by atoms with Gasteiger partial charge in [-0.25, -0.2) is 9.97 Å². The fourth-order valence-corrected chi connectivity index (χ4v) is 6.29. The molecule has 0 atom stereocenters. The average Bonchev–Trinajstić information content (AvgIpc) is 3.68. The number of hydrogen-bond donors (Lipinski definition) is 0. The molecular weight excluding hydrogens is 502 g/mol. The van der Waals surface area contributed by atoms with Gasteiger partial charge in [-0.05, 0) is 60.7 Å². The van der Waals surface area contributed by atoms with Gasteiger partial charge in [0.05, 0.1) is 38.8 Å². The Morgan fingerprint density at radius 1 is 0.439 bits per heavy atom. The molecule has 0 amide bonds. The Bertz CT molecular complexity index is 2390. The summed E-state index contributed by atoms with van der Waals surface area (Å²) in [5, 5.41) is 2.46. The second-order valence-electron chi connectivity index (χ2n) is 10.4. The third-order valence-corrected chi connectivity index (χ3v) is 8.05. The summed E-state index contributed by atoms with van der Waals surface area (Å²) >= 11 is 0. The van der Waals surface area contributed by atoms with E-state index < -0.39 is 0 Å². The molecular formula is C36H23N5. The van der Waals surface area contributed by atoms with Crippen molar-refractivity contribution in [2.24, 2.45) is 0 Å². The zero-order valence-corrected chi connectivity index (χ0v) is 22.0. The molecule has 0 radical (unpaired) electrons. The maximum atomic E-state index is 5.20. The molecule has 192 valence electrons. The molecule has 0 fully saturated rings. The van der Waals surface area contributed by atoms with E-state index in [0.717, 1.165) is 61.6 Å². The smallest absolute Gasteiger partial charge is 0.220 e.